The van der Waals surface area contributed by atoms with Gasteiger partial charge in [-0.15, -0.1) is 11.6 Å². The van der Waals surface area contributed by atoms with Gasteiger partial charge in [0.25, 0.3) is 5.56 Å². The highest BCUT2D eigenvalue weighted by Gasteiger charge is 2.19. The second kappa shape index (κ2) is 6.21. The second-order valence-corrected chi connectivity index (χ2v) is 4.64. The number of hydrogen-bond acceptors (Lipinski definition) is 5. The molecule has 1 aromatic heterocycles. The average Bonchev–Trinajstić information content (AvgIpc) is 2.53. The standard InChI is InChI=1S/C15H11ClN4O2/c1-22-12-3-2-8(4-9(12)5-16)13-10(6-17)14(19)20-15(21)11(13)7-18/h2-4H,5H2,1H3,(H3,19,20,21). The molecule has 0 aliphatic rings. The minimum atomic E-state index is -0.641. The molecule has 1 aromatic carbocycles. The molecule has 0 fully saturated rings. The van der Waals surface area contributed by atoms with Gasteiger partial charge in [-0.25, -0.2) is 0 Å². The highest BCUT2D eigenvalue weighted by molar-refractivity contribution is 6.17. The molecule has 0 radical (unpaired) electrons. The van der Waals surface area contributed by atoms with Gasteiger partial charge in [0.2, 0.25) is 0 Å². The van der Waals surface area contributed by atoms with E-state index in [0.717, 1.165) is 0 Å². The summed E-state index contributed by atoms with van der Waals surface area (Å²) in [6.45, 7) is 0. The summed E-state index contributed by atoms with van der Waals surface area (Å²) in [5.74, 6) is 0.678. The van der Waals surface area contributed by atoms with Crippen LogP contribution in [-0.2, 0) is 5.88 Å². The first kappa shape index (κ1) is 15.4. The number of halogens is 1. The number of methoxy groups -OCH3 is 1. The van der Waals surface area contributed by atoms with Gasteiger partial charge in [-0.3, -0.25) is 4.79 Å². The SMILES string of the molecule is COc1ccc(-c2c(C#N)c(N)[nH]c(=O)c2C#N)cc1CCl. The van der Waals surface area contributed by atoms with Crippen molar-refractivity contribution in [2.24, 2.45) is 0 Å². The first-order valence-electron chi connectivity index (χ1n) is 6.16. The quantitative estimate of drug-likeness (QED) is 0.842. The maximum Gasteiger partial charge on any atom is 0.268 e. The third-order valence-corrected chi connectivity index (χ3v) is 3.47. The molecule has 0 atom stereocenters. The summed E-state index contributed by atoms with van der Waals surface area (Å²) in [4.78, 5) is 14.2. The predicted molar refractivity (Wildman–Crippen MR) is 82.5 cm³/mol. The van der Waals surface area contributed by atoms with Crippen molar-refractivity contribution in [1.29, 1.82) is 10.5 Å². The minimum absolute atomic E-state index is 0.0434. The molecule has 7 heteroatoms. The maximum atomic E-state index is 11.9. The van der Waals surface area contributed by atoms with E-state index in [1.807, 2.05) is 12.1 Å². The Balaban J connectivity index is 2.86. The van der Waals surface area contributed by atoms with Crippen LogP contribution in [0.15, 0.2) is 23.0 Å². The van der Waals surface area contributed by atoms with E-state index in [1.165, 1.54) is 7.11 Å². The van der Waals surface area contributed by atoms with Crippen molar-refractivity contribution in [2.75, 3.05) is 12.8 Å². The third kappa shape index (κ3) is 2.48. The summed E-state index contributed by atoms with van der Waals surface area (Å²) in [6, 6.07) is 8.71. The Morgan fingerprint density at radius 1 is 1.32 bits per heavy atom. The van der Waals surface area contributed by atoms with Crippen molar-refractivity contribution in [1.82, 2.24) is 4.98 Å². The largest absolute Gasteiger partial charge is 0.496 e. The van der Waals surface area contributed by atoms with Crippen LogP contribution in [0.25, 0.3) is 11.1 Å². The number of benzene rings is 1. The van der Waals surface area contributed by atoms with Gasteiger partial charge in [0.05, 0.1) is 13.0 Å². The third-order valence-electron chi connectivity index (χ3n) is 3.18. The molecule has 1 heterocycles. The van der Waals surface area contributed by atoms with Crippen LogP contribution in [0.2, 0.25) is 0 Å². The van der Waals surface area contributed by atoms with E-state index < -0.39 is 5.56 Å². The van der Waals surface area contributed by atoms with Gasteiger partial charge < -0.3 is 15.5 Å². The lowest BCUT2D eigenvalue weighted by molar-refractivity contribution is 0.411. The zero-order valence-corrected chi connectivity index (χ0v) is 12.4. The van der Waals surface area contributed by atoms with E-state index in [-0.39, 0.29) is 28.4 Å². The van der Waals surface area contributed by atoms with E-state index in [9.17, 15) is 15.3 Å². The van der Waals surface area contributed by atoms with Crippen molar-refractivity contribution >= 4 is 17.4 Å². The molecular weight excluding hydrogens is 304 g/mol. The number of nitrogen functional groups attached to an aromatic ring is 1. The van der Waals surface area contributed by atoms with Crippen LogP contribution in [0.1, 0.15) is 16.7 Å². The van der Waals surface area contributed by atoms with E-state index in [1.54, 1.807) is 18.2 Å². The summed E-state index contributed by atoms with van der Waals surface area (Å²) in [5.41, 5.74) is 6.29. The van der Waals surface area contributed by atoms with Crippen molar-refractivity contribution in [3.8, 4) is 29.0 Å². The lowest BCUT2D eigenvalue weighted by Gasteiger charge is -2.12. The maximum absolute atomic E-state index is 11.9. The summed E-state index contributed by atoms with van der Waals surface area (Å²) in [6.07, 6.45) is 0. The zero-order chi connectivity index (χ0) is 16.3. The monoisotopic (exact) mass is 314 g/mol. The molecular formula is C15H11ClN4O2. The van der Waals surface area contributed by atoms with Crippen LogP contribution in [0.4, 0.5) is 5.82 Å². The number of anilines is 1. The van der Waals surface area contributed by atoms with Gasteiger partial charge in [-0.1, -0.05) is 6.07 Å². The highest BCUT2D eigenvalue weighted by atomic mass is 35.5. The number of nitrogens with two attached hydrogens (primary N) is 1. The van der Waals surface area contributed by atoms with E-state index >= 15 is 0 Å². The van der Waals surface area contributed by atoms with Gasteiger partial charge >= 0.3 is 0 Å². The molecule has 2 aromatic rings. The number of nitriles is 2. The molecule has 2 rings (SSSR count). The van der Waals surface area contributed by atoms with E-state index in [2.05, 4.69) is 4.98 Å². The molecule has 6 nitrogen and oxygen atoms in total. The molecule has 0 aliphatic carbocycles. The number of nitrogens with zero attached hydrogens (tertiary/aromatic N) is 2. The van der Waals surface area contributed by atoms with Gasteiger partial charge in [0.1, 0.15) is 34.8 Å². The average molecular weight is 315 g/mol. The number of aromatic nitrogens is 1. The minimum Gasteiger partial charge on any atom is -0.496 e. The van der Waals surface area contributed by atoms with Gasteiger partial charge in [0, 0.05) is 11.1 Å². The lowest BCUT2D eigenvalue weighted by Crippen LogP contribution is -2.16. The Morgan fingerprint density at radius 2 is 2.00 bits per heavy atom. The Hall–Kier alpha value is -2.96. The Morgan fingerprint density at radius 3 is 2.55 bits per heavy atom. The predicted octanol–water partition coefficient (Wildman–Crippen LogP) is 2.11. The molecule has 0 spiro atoms. The molecule has 110 valence electrons. The topological polar surface area (TPSA) is 116 Å². The number of aromatic amines is 1. The van der Waals surface area contributed by atoms with Gasteiger partial charge in [-0.2, -0.15) is 10.5 Å². The van der Waals surface area contributed by atoms with Gasteiger partial charge in [0.15, 0.2) is 0 Å². The van der Waals surface area contributed by atoms with Crippen LogP contribution in [0, 0.1) is 22.7 Å². The Bertz CT molecular complexity index is 875. The molecule has 0 bridgehead atoms. The van der Waals surface area contributed by atoms with Crippen LogP contribution in [0.5, 0.6) is 5.75 Å². The molecule has 0 unspecified atom stereocenters. The number of ether oxygens (including phenoxy) is 1. The second-order valence-electron chi connectivity index (χ2n) is 4.38. The molecule has 22 heavy (non-hydrogen) atoms. The molecule has 0 saturated carbocycles. The molecule has 0 aliphatic heterocycles. The van der Waals surface area contributed by atoms with Gasteiger partial charge in [-0.05, 0) is 17.7 Å². The van der Waals surface area contributed by atoms with E-state index in [0.29, 0.717) is 16.9 Å². The van der Waals surface area contributed by atoms with Crippen LogP contribution < -0.4 is 16.0 Å². The highest BCUT2D eigenvalue weighted by Crippen LogP contribution is 2.32. The zero-order valence-electron chi connectivity index (χ0n) is 11.6. The fraction of sp³-hybridized carbons (Fsp3) is 0.133. The Kier molecular flexibility index (Phi) is 4.36. The van der Waals surface area contributed by atoms with E-state index in [4.69, 9.17) is 22.1 Å². The van der Waals surface area contributed by atoms with Crippen molar-refractivity contribution in [3.05, 3.63) is 45.2 Å². The summed E-state index contributed by atoms with van der Waals surface area (Å²) >= 11 is 5.88. The molecule has 0 amide bonds. The van der Waals surface area contributed by atoms with Crippen molar-refractivity contribution < 1.29 is 4.74 Å². The molecule has 3 N–H and O–H groups in total. The first-order chi connectivity index (χ1) is 10.6. The van der Waals surface area contributed by atoms with Crippen molar-refractivity contribution in [3.63, 3.8) is 0 Å². The van der Waals surface area contributed by atoms with Crippen LogP contribution >= 0.6 is 11.6 Å². The summed E-state index contributed by atoms with van der Waals surface area (Å²) in [7, 11) is 1.51. The lowest BCUT2D eigenvalue weighted by atomic mass is 9.95. The summed E-state index contributed by atoms with van der Waals surface area (Å²) < 4.78 is 5.18. The van der Waals surface area contributed by atoms with Crippen molar-refractivity contribution in [2.45, 2.75) is 5.88 Å². The normalized spacial score (nSPS) is 9.82. The number of alkyl halides is 1. The number of H-pyrrole nitrogens is 1. The number of pyridine rings is 1. The fourth-order valence-electron chi connectivity index (χ4n) is 2.17. The summed E-state index contributed by atoms with van der Waals surface area (Å²) in [5, 5.41) is 18.5. The fourth-order valence-corrected chi connectivity index (χ4v) is 2.38. The Labute approximate surface area is 131 Å². The van der Waals surface area contributed by atoms with Crippen LogP contribution in [0.3, 0.4) is 0 Å². The molecule has 0 saturated heterocycles. The number of rotatable bonds is 3. The number of nitrogens with one attached hydrogen (secondary N) is 1. The van der Waals surface area contributed by atoms with Crippen LogP contribution in [-0.4, -0.2) is 12.1 Å². The number of hydrogen-bond donors (Lipinski definition) is 2. The first-order valence-corrected chi connectivity index (χ1v) is 6.70. The smallest absolute Gasteiger partial charge is 0.268 e.